The topological polar surface area (TPSA) is 141 Å². The van der Waals surface area contributed by atoms with Crippen LogP contribution in [0.15, 0.2) is 83.0 Å². The zero-order valence-corrected chi connectivity index (χ0v) is 74.7. The molecule has 2 aliphatic heterocycles. The summed E-state index contributed by atoms with van der Waals surface area (Å²) in [6, 6.07) is 0. The van der Waals surface area contributed by atoms with Crippen LogP contribution >= 0.6 is 15.9 Å². The van der Waals surface area contributed by atoms with Gasteiger partial charge in [-0.15, -0.1) is 18.9 Å². The largest absolute Gasteiger partial charge is 0.458 e. The highest BCUT2D eigenvalue weighted by molar-refractivity contribution is 9.11. The number of hydrogen-bond acceptors (Lipinski definition) is 10. The third-order valence-corrected chi connectivity index (χ3v) is 41.4. The van der Waals surface area contributed by atoms with Gasteiger partial charge in [-0.3, -0.25) is 4.70 Å². The Bertz CT molecular complexity index is 2900. The summed E-state index contributed by atoms with van der Waals surface area (Å²) < 4.78 is 32.1. The van der Waals surface area contributed by atoms with Gasteiger partial charge < -0.3 is 38.1 Å². The predicted octanol–water partition coefficient (Wildman–Crippen LogP) is 23.5. The maximum absolute atomic E-state index is 12.4. The number of terminal acetylenes is 1. The van der Waals surface area contributed by atoms with Gasteiger partial charge in [0.25, 0.3) is 0 Å². The Morgan fingerprint density at radius 1 is 0.670 bits per heavy atom. The van der Waals surface area contributed by atoms with Gasteiger partial charge in [0.1, 0.15) is 12.2 Å². The van der Waals surface area contributed by atoms with Crippen LogP contribution in [0.5, 0.6) is 0 Å². The van der Waals surface area contributed by atoms with Crippen LogP contribution in [0.3, 0.4) is 0 Å². The molecule has 18 atom stereocenters. The Labute approximate surface area is 642 Å². The van der Waals surface area contributed by atoms with Crippen molar-refractivity contribution in [3.05, 3.63) is 83.0 Å². The van der Waals surface area contributed by atoms with Crippen molar-refractivity contribution < 1.29 is 52.4 Å². The van der Waals surface area contributed by atoms with Crippen LogP contribution in [-0.4, -0.2) is 102 Å². The van der Waals surface area contributed by atoms with E-state index in [2.05, 4.69) is 222 Å². The maximum atomic E-state index is 12.4. The van der Waals surface area contributed by atoms with Crippen molar-refractivity contribution in [2.24, 2.45) is 81.8 Å². The summed E-state index contributed by atoms with van der Waals surface area (Å²) in [7, 11) is -5.81. The number of carbonyl (C=O) groups is 2. The van der Waals surface area contributed by atoms with Crippen molar-refractivity contribution in [3.63, 3.8) is 0 Å². The summed E-state index contributed by atoms with van der Waals surface area (Å²) in [6.07, 6.45) is 31.1. The molecule has 0 bridgehead atoms. The highest BCUT2D eigenvalue weighted by Gasteiger charge is 2.55. The van der Waals surface area contributed by atoms with E-state index in [1.165, 1.54) is 63.4 Å². The minimum absolute atomic E-state index is 0. The van der Waals surface area contributed by atoms with Gasteiger partial charge in [0.05, 0.1) is 24.4 Å². The quantitative estimate of drug-likeness (QED) is 0.0182. The van der Waals surface area contributed by atoms with Gasteiger partial charge >= 0.3 is 11.9 Å². The number of allylic oxidation sites excluding steroid dienone is 4. The summed E-state index contributed by atoms with van der Waals surface area (Å²) >= 11 is 3.61. The van der Waals surface area contributed by atoms with Crippen molar-refractivity contribution in [2.45, 2.75) is 351 Å². The van der Waals surface area contributed by atoms with E-state index in [4.69, 9.17) is 29.2 Å². The lowest BCUT2D eigenvalue weighted by atomic mass is 9.60. The fourth-order valence-electron chi connectivity index (χ4n) is 18.2. The molecule has 103 heavy (non-hydrogen) atoms. The number of esters is 2. The van der Waals surface area contributed by atoms with Crippen LogP contribution < -0.4 is 0 Å². The zero-order chi connectivity index (χ0) is 77.6. The van der Waals surface area contributed by atoms with Crippen LogP contribution in [0, 0.1) is 94.2 Å². The first-order valence-corrected chi connectivity index (χ1v) is 50.0. The number of cyclic esters (lactones) is 2. The number of aliphatic hydroxyl groups excluding tert-OH is 3. The molecular formula is C88H154BrFO10Si3. The highest BCUT2D eigenvalue weighted by atomic mass is 79.9. The van der Waals surface area contributed by atoms with Gasteiger partial charge in [-0.25, -0.2) is 9.59 Å². The summed E-state index contributed by atoms with van der Waals surface area (Å²) in [5.74, 6) is 7.47. The molecular weight excluding hydrogens is 1400 g/mol. The molecule has 0 radical (unpaired) electrons. The number of carbonyl (C=O) groups excluding carboxylic acids is 2. The van der Waals surface area contributed by atoms with Crippen molar-refractivity contribution >= 4 is 52.8 Å². The third-order valence-electron chi connectivity index (χ3n) is 27.3. The first kappa shape index (κ1) is 94.7. The number of fused-ring (bicyclic) bond motifs is 2. The lowest BCUT2D eigenvalue weighted by Crippen LogP contribution is -2.50. The van der Waals surface area contributed by atoms with Crippen molar-refractivity contribution in [2.75, 3.05) is 13.2 Å². The molecule has 7 aliphatic rings. The van der Waals surface area contributed by atoms with Crippen molar-refractivity contribution in [1.29, 1.82) is 0 Å². The van der Waals surface area contributed by atoms with Gasteiger partial charge in [-0.1, -0.05) is 197 Å². The number of ether oxygens (including phenoxy) is 2. The summed E-state index contributed by atoms with van der Waals surface area (Å²) in [5.41, 5.74) is 6.76. The van der Waals surface area contributed by atoms with E-state index in [1.54, 1.807) is 5.57 Å². The summed E-state index contributed by atoms with van der Waals surface area (Å²) in [5, 5.41) is 31.1. The molecule has 0 aromatic rings. The summed E-state index contributed by atoms with van der Waals surface area (Å²) in [4.78, 5) is 26.7. The van der Waals surface area contributed by atoms with Crippen LogP contribution in [0.2, 0.25) is 54.4 Å². The number of hydrogen-bond donors (Lipinski definition) is 3. The average Bonchev–Trinajstić information content (AvgIpc) is 1.62. The van der Waals surface area contributed by atoms with E-state index >= 15 is 0 Å². The molecule has 3 N–H and O–H groups in total. The smallest absolute Gasteiger partial charge is 0.334 e. The molecule has 0 spiro atoms. The zero-order valence-electron chi connectivity index (χ0n) is 70.1. The molecule has 0 aromatic heterocycles. The first-order chi connectivity index (χ1) is 47.2. The van der Waals surface area contributed by atoms with Gasteiger partial charge in [-0.05, 0) is 251 Å². The van der Waals surface area contributed by atoms with Gasteiger partial charge in [0.15, 0.2) is 25.0 Å². The molecule has 0 amide bonds. The van der Waals surface area contributed by atoms with Crippen LogP contribution in [0.25, 0.3) is 0 Å². The van der Waals surface area contributed by atoms with Crippen LogP contribution in [0.4, 0.5) is 4.70 Å². The SMILES string of the molecule is C#CC[C@@H](O[Si](C)(C)C(C)(C)C)[C@H](CCCO[Si](C)(C)C(C)(C)C)[C@@H](C=C)O[Si](C)(C)C(C)(C)C.C=C1/C(=C\C=C2/CCC[C@]3(C)[C@@H]([C@H](C)C[C@@H]4OC(=O)C(=C)[C@@H]4CC(C)C)CC[C@@H]23)C[C@@H](O)[C@H](CCCO)[C@@H]1O.C=C1C(=O)O[C@@H](C[C@@H](C)[C@H]2CC[C@H]3/C(=C/Br)CCC[C@]23C)[C@H]1CC(C)C.CC.F. The molecule has 7 rings (SSSR count). The van der Waals surface area contributed by atoms with Crippen molar-refractivity contribution in [1.82, 2.24) is 0 Å². The fourth-order valence-corrected chi connectivity index (χ4v) is 22.5. The normalized spacial score (nSPS) is 31.1. The minimum atomic E-state index is -2.02. The Hall–Kier alpha value is -2.50. The molecule has 5 saturated carbocycles. The second-order valence-electron chi connectivity index (χ2n) is 38.2. The molecule has 2 heterocycles. The number of halogens is 2. The monoisotopic (exact) mass is 1550 g/mol. The molecule has 2 saturated heterocycles. The van der Waals surface area contributed by atoms with Gasteiger partial charge in [0, 0.05) is 54.5 Å². The average molecular weight is 1560 g/mol. The molecule has 0 unspecified atom stereocenters. The number of aliphatic hydroxyl groups is 3. The Morgan fingerprint density at radius 3 is 1.53 bits per heavy atom. The predicted molar refractivity (Wildman–Crippen MR) is 444 cm³/mol. The highest BCUT2D eigenvalue weighted by Crippen LogP contribution is 2.62. The van der Waals surface area contributed by atoms with Crippen LogP contribution in [-0.2, 0) is 32.3 Å². The van der Waals surface area contributed by atoms with Gasteiger partial charge in [-0.2, -0.15) is 0 Å². The van der Waals surface area contributed by atoms with E-state index in [-0.39, 0.29) is 91.9 Å². The minimum Gasteiger partial charge on any atom is -0.458 e. The van der Waals surface area contributed by atoms with Crippen LogP contribution in [0.1, 0.15) is 260 Å². The molecule has 0 aromatic carbocycles. The van der Waals surface area contributed by atoms with Gasteiger partial charge in [0.2, 0.25) is 0 Å². The molecule has 7 fully saturated rings. The fraction of sp³-hybridized carbons (Fsp3) is 0.795. The molecule has 592 valence electrons. The standard InChI is InChI=1S/C34H52O5.C29H60O3Si3.C23H35BrO2.C2H6.FH/c1-20(2)17-27-23(5)33(38)39-31(27)18-21(3)28-13-14-29-24(9-7-15-34(28,29)6)11-12-25-19-30(36)26(10-8-16-35)32(37)22(25)4;1-18-21-26(32-35(16,17)29(9,10)11)24(22-20-23-30-33(12,13)27(3,4)5)25(19-2)31-34(14,15)28(6,7)8;1-14(2)11-18-16(4)22(25)26-21(18)12-15(3)19-8-9-20-17(13-24)7-6-10-23(19,20)5;1-2;/h11-12,20-21,26-32,35-37H,4-5,7-10,13-19H2,1-3,6H3;1,19,24-26H,2,20-23H2,3-17H3;13-15,18-21H,4,6-12H2,1-3,5H3;1-2H3;1H/b24-11+,25-12-;;17-13+;;/t21-,26+,27+,28-,29+,30-,31+,32-,34-;24-,25-,26-;15-,18+,19-,20+,21+,23-;;/m111../s1. The van der Waals surface area contributed by atoms with E-state index in [0.717, 1.165) is 69.0 Å². The molecule has 15 heteroatoms. The lowest BCUT2D eigenvalue weighted by molar-refractivity contribution is -0.141. The Kier molecular flexibility index (Phi) is 36.7. The lowest BCUT2D eigenvalue weighted by Gasteiger charge is -2.45. The molecule has 10 nitrogen and oxygen atoms in total. The Morgan fingerprint density at radius 2 is 1.12 bits per heavy atom. The second kappa shape index (κ2) is 39.9. The van der Waals surface area contributed by atoms with E-state index < -0.39 is 37.2 Å². The maximum Gasteiger partial charge on any atom is 0.334 e. The van der Waals surface area contributed by atoms with Crippen molar-refractivity contribution in [3.8, 4) is 12.3 Å². The number of rotatable bonds is 27. The van der Waals surface area contributed by atoms with E-state index in [1.807, 2.05) is 19.9 Å². The van der Waals surface area contributed by atoms with E-state index in [0.29, 0.717) is 83.3 Å². The second-order valence-corrected chi connectivity index (χ2v) is 53.0. The summed E-state index contributed by atoms with van der Waals surface area (Å²) in [6.45, 7) is 74.4. The third kappa shape index (κ3) is 24.0. The Balaban J connectivity index is 0.000000402. The molecule has 5 aliphatic carbocycles. The van der Waals surface area contributed by atoms with E-state index in [9.17, 15) is 24.9 Å². The first-order valence-electron chi connectivity index (χ1n) is 40.4.